The summed E-state index contributed by atoms with van der Waals surface area (Å²) in [6, 6.07) is 8.78. The number of hydrogen-bond acceptors (Lipinski definition) is 2. The van der Waals surface area contributed by atoms with Gasteiger partial charge in [-0.25, -0.2) is 0 Å². The molecule has 18 heavy (non-hydrogen) atoms. The van der Waals surface area contributed by atoms with Crippen LogP contribution in [0.2, 0.25) is 0 Å². The summed E-state index contributed by atoms with van der Waals surface area (Å²) in [5.41, 5.74) is 2.61. The maximum absolute atomic E-state index is 5.55. The molecule has 0 saturated carbocycles. The quantitative estimate of drug-likeness (QED) is 0.760. The van der Waals surface area contributed by atoms with E-state index in [4.69, 9.17) is 4.74 Å². The van der Waals surface area contributed by atoms with Crippen LogP contribution in [0.3, 0.4) is 0 Å². The third-order valence-corrected chi connectivity index (χ3v) is 3.04. The second kappa shape index (κ2) is 6.57. The van der Waals surface area contributed by atoms with Crippen molar-refractivity contribution in [3.63, 3.8) is 0 Å². The largest absolute Gasteiger partial charge is 0.380 e. The maximum Gasteiger partial charge on any atom is 0.0645 e. The van der Waals surface area contributed by atoms with E-state index in [1.165, 1.54) is 16.5 Å². The fourth-order valence-corrected chi connectivity index (χ4v) is 2.15. The van der Waals surface area contributed by atoms with Gasteiger partial charge in [-0.15, -0.1) is 0 Å². The smallest absolute Gasteiger partial charge is 0.0645 e. The van der Waals surface area contributed by atoms with Gasteiger partial charge in [0.05, 0.1) is 6.61 Å². The molecule has 1 aromatic heterocycles. The zero-order valence-corrected chi connectivity index (χ0v) is 11.3. The minimum Gasteiger partial charge on any atom is -0.380 e. The number of ether oxygens (including phenoxy) is 1. The third-order valence-electron chi connectivity index (χ3n) is 3.04. The van der Waals surface area contributed by atoms with Crippen molar-refractivity contribution in [1.29, 1.82) is 0 Å². The van der Waals surface area contributed by atoms with Crippen molar-refractivity contribution in [1.82, 2.24) is 9.88 Å². The topological polar surface area (TPSA) is 26.2 Å². The van der Waals surface area contributed by atoms with Crippen LogP contribution in [-0.2, 0) is 17.8 Å². The Morgan fingerprint density at radius 2 is 2.11 bits per heavy atom. The van der Waals surface area contributed by atoms with Crippen LogP contribution in [0.5, 0.6) is 0 Å². The van der Waals surface area contributed by atoms with Crippen molar-refractivity contribution in [2.24, 2.45) is 0 Å². The van der Waals surface area contributed by atoms with Crippen molar-refractivity contribution >= 4 is 10.9 Å². The van der Waals surface area contributed by atoms with E-state index in [1.807, 2.05) is 7.05 Å². The highest BCUT2D eigenvalue weighted by atomic mass is 16.5. The molecule has 0 aliphatic rings. The van der Waals surface area contributed by atoms with Crippen molar-refractivity contribution < 1.29 is 4.74 Å². The fraction of sp³-hybridized carbons (Fsp3) is 0.467. The number of fused-ring (bicyclic) bond motifs is 1. The molecule has 0 bridgehead atoms. The van der Waals surface area contributed by atoms with Crippen LogP contribution in [0.15, 0.2) is 30.5 Å². The molecule has 0 fully saturated rings. The lowest BCUT2D eigenvalue weighted by molar-refractivity contribution is 0.127. The molecule has 1 N–H and O–H groups in total. The van der Waals surface area contributed by atoms with E-state index in [2.05, 4.69) is 47.3 Å². The number of aromatic nitrogens is 1. The standard InChI is InChI=1S/C15H22N2O/c1-3-9-18-10-8-17-7-6-14-5-4-13(12-16-2)11-15(14)17/h4-7,11,16H,3,8-10,12H2,1-2H3. The lowest BCUT2D eigenvalue weighted by Gasteiger charge is -2.07. The van der Waals surface area contributed by atoms with Crippen LogP contribution in [0.1, 0.15) is 18.9 Å². The molecule has 0 unspecified atom stereocenters. The second-order valence-electron chi connectivity index (χ2n) is 4.55. The molecule has 0 aliphatic carbocycles. The van der Waals surface area contributed by atoms with E-state index < -0.39 is 0 Å². The van der Waals surface area contributed by atoms with Crippen molar-refractivity contribution in [2.75, 3.05) is 20.3 Å². The van der Waals surface area contributed by atoms with E-state index >= 15 is 0 Å². The number of hydrogen-bond donors (Lipinski definition) is 1. The lowest BCUT2D eigenvalue weighted by atomic mass is 10.1. The van der Waals surface area contributed by atoms with Crippen LogP contribution in [-0.4, -0.2) is 24.8 Å². The fourth-order valence-electron chi connectivity index (χ4n) is 2.15. The number of benzene rings is 1. The van der Waals surface area contributed by atoms with Crippen molar-refractivity contribution in [3.05, 3.63) is 36.0 Å². The van der Waals surface area contributed by atoms with E-state index in [0.717, 1.165) is 32.7 Å². The highest BCUT2D eigenvalue weighted by molar-refractivity contribution is 5.80. The van der Waals surface area contributed by atoms with Gasteiger partial charge in [0, 0.05) is 31.4 Å². The summed E-state index contributed by atoms with van der Waals surface area (Å²) in [6.07, 6.45) is 3.22. The Hall–Kier alpha value is -1.32. The first kappa shape index (κ1) is 13.1. The number of nitrogens with one attached hydrogen (secondary N) is 1. The van der Waals surface area contributed by atoms with Gasteiger partial charge in [0.2, 0.25) is 0 Å². The number of nitrogens with zero attached hydrogens (tertiary/aromatic N) is 1. The minimum atomic E-state index is 0.786. The molecule has 98 valence electrons. The average molecular weight is 246 g/mol. The third kappa shape index (κ3) is 3.12. The molecule has 3 heteroatoms. The molecular formula is C15H22N2O. The monoisotopic (exact) mass is 246 g/mol. The molecule has 0 amide bonds. The molecule has 1 aromatic carbocycles. The van der Waals surface area contributed by atoms with Gasteiger partial charge in [-0.3, -0.25) is 0 Å². The van der Waals surface area contributed by atoms with Gasteiger partial charge < -0.3 is 14.6 Å². The zero-order valence-electron chi connectivity index (χ0n) is 11.3. The Balaban J connectivity index is 2.09. The minimum absolute atomic E-state index is 0.786. The Labute approximate surface area is 109 Å². The van der Waals surface area contributed by atoms with Crippen molar-refractivity contribution in [2.45, 2.75) is 26.4 Å². The molecule has 2 aromatic rings. The summed E-state index contributed by atoms with van der Waals surface area (Å²) >= 11 is 0. The van der Waals surface area contributed by atoms with Gasteiger partial charge >= 0.3 is 0 Å². The van der Waals surface area contributed by atoms with Gasteiger partial charge in [-0.05, 0) is 36.6 Å². The Bertz CT molecular complexity index is 490. The summed E-state index contributed by atoms with van der Waals surface area (Å²) in [5.74, 6) is 0. The summed E-state index contributed by atoms with van der Waals surface area (Å²) in [7, 11) is 1.97. The van der Waals surface area contributed by atoms with Gasteiger partial charge in [0.25, 0.3) is 0 Å². The first-order valence-corrected chi connectivity index (χ1v) is 6.65. The highest BCUT2D eigenvalue weighted by Crippen LogP contribution is 2.17. The van der Waals surface area contributed by atoms with Crippen LogP contribution in [0.25, 0.3) is 10.9 Å². The molecule has 0 atom stereocenters. The highest BCUT2D eigenvalue weighted by Gasteiger charge is 2.02. The predicted octanol–water partition coefficient (Wildman–Crippen LogP) is 2.79. The molecule has 2 rings (SSSR count). The summed E-state index contributed by atoms with van der Waals surface area (Å²) in [5, 5.41) is 4.48. The summed E-state index contributed by atoms with van der Waals surface area (Å²) in [6.45, 7) is 5.60. The summed E-state index contributed by atoms with van der Waals surface area (Å²) in [4.78, 5) is 0. The normalized spacial score (nSPS) is 11.2. The Morgan fingerprint density at radius 3 is 2.89 bits per heavy atom. The SMILES string of the molecule is CCCOCCn1ccc2ccc(CNC)cc21. The lowest BCUT2D eigenvalue weighted by Crippen LogP contribution is -2.07. The molecule has 0 spiro atoms. The maximum atomic E-state index is 5.55. The average Bonchev–Trinajstić information content (AvgIpc) is 2.78. The Kier molecular flexibility index (Phi) is 4.79. The van der Waals surface area contributed by atoms with Gasteiger partial charge in [-0.2, -0.15) is 0 Å². The van der Waals surface area contributed by atoms with Crippen LogP contribution in [0, 0.1) is 0 Å². The van der Waals surface area contributed by atoms with E-state index in [9.17, 15) is 0 Å². The molecule has 0 saturated heterocycles. The van der Waals surface area contributed by atoms with Crippen molar-refractivity contribution in [3.8, 4) is 0 Å². The van der Waals surface area contributed by atoms with Crippen LogP contribution in [0.4, 0.5) is 0 Å². The van der Waals surface area contributed by atoms with Gasteiger partial charge in [0.1, 0.15) is 0 Å². The second-order valence-corrected chi connectivity index (χ2v) is 4.55. The molecule has 0 radical (unpaired) electrons. The molecule has 3 nitrogen and oxygen atoms in total. The first-order chi connectivity index (χ1) is 8.85. The molecule has 1 heterocycles. The van der Waals surface area contributed by atoms with Gasteiger partial charge in [0.15, 0.2) is 0 Å². The molecular weight excluding hydrogens is 224 g/mol. The van der Waals surface area contributed by atoms with E-state index in [-0.39, 0.29) is 0 Å². The number of rotatable bonds is 7. The predicted molar refractivity (Wildman–Crippen MR) is 75.8 cm³/mol. The van der Waals surface area contributed by atoms with E-state index in [1.54, 1.807) is 0 Å². The van der Waals surface area contributed by atoms with Crippen LogP contribution >= 0.6 is 0 Å². The van der Waals surface area contributed by atoms with Crippen LogP contribution < -0.4 is 5.32 Å². The first-order valence-electron chi connectivity index (χ1n) is 6.65. The zero-order chi connectivity index (χ0) is 12.8. The van der Waals surface area contributed by atoms with Gasteiger partial charge in [-0.1, -0.05) is 19.1 Å². The van der Waals surface area contributed by atoms with E-state index in [0.29, 0.717) is 0 Å². The molecule has 0 aliphatic heterocycles. The Morgan fingerprint density at radius 1 is 1.22 bits per heavy atom. The summed E-state index contributed by atoms with van der Waals surface area (Å²) < 4.78 is 7.82.